The lowest BCUT2D eigenvalue weighted by Crippen LogP contribution is -2.37. The van der Waals surface area contributed by atoms with E-state index in [9.17, 15) is 9.59 Å². The fourth-order valence-corrected chi connectivity index (χ4v) is 1.78. The van der Waals surface area contributed by atoms with Crippen molar-refractivity contribution >= 4 is 11.8 Å². The van der Waals surface area contributed by atoms with Gasteiger partial charge in [-0.2, -0.15) is 0 Å². The van der Waals surface area contributed by atoms with Gasteiger partial charge in [0.05, 0.1) is 0 Å². The molecule has 0 aromatic heterocycles. The highest BCUT2D eigenvalue weighted by atomic mass is 16.2. The largest absolute Gasteiger partial charge is 0.359 e. The van der Waals surface area contributed by atoms with E-state index >= 15 is 0 Å². The van der Waals surface area contributed by atoms with Gasteiger partial charge in [0.1, 0.15) is 0 Å². The molecule has 2 amide bonds. The monoisotopic (exact) mass is 184 g/mol. The number of carbonyl (C=O) groups is 2. The Morgan fingerprint density at radius 2 is 2.23 bits per heavy atom. The minimum absolute atomic E-state index is 0.0122. The molecule has 4 nitrogen and oxygen atoms in total. The Kier molecular flexibility index (Phi) is 3.28. The summed E-state index contributed by atoms with van der Waals surface area (Å²) in [6.45, 7) is 2.36. The summed E-state index contributed by atoms with van der Waals surface area (Å²) in [5.41, 5.74) is 0. The van der Waals surface area contributed by atoms with Crippen molar-refractivity contribution in [3.05, 3.63) is 0 Å². The average molecular weight is 184 g/mol. The van der Waals surface area contributed by atoms with Gasteiger partial charge in [0.15, 0.2) is 0 Å². The van der Waals surface area contributed by atoms with Gasteiger partial charge < -0.3 is 10.2 Å². The number of amides is 2. The number of hydrogen-bond donors (Lipinski definition) is 1. The summed E-state index contributed by atoms with van der Waals surface area (Å²) < 4.78 is 0. The van der Waals surface area contributed by atoms with Crippen LogP contribution in [0.15, 0.2) is 0 Å². The van der Waals surface area contributed by atoms with Gasteiger partial charge in [0.2, 0.25) is 11.8 Å². The molecule has 1 aliphatic rings. The fraction of sp³-hybridized carbons (Fsp3) is 0.778. The van der Waals surface area contributed by atoms with Crippen LogP contribution in [-0.2, 0) is 9.59 Å². The first-order valence-electron chi connectivity index (χ1n) is 4.63. The topological polar surface area (TPSA) is 49.4 Å². The molecule has 0 aromatic carbocycles. The quantitative estimate of drug-likeness (QED) is 0.663. The van der Waals surface area contributed by atoms with Crippen LogP contribution in [0.25, 0.3) is 0 Å². The molecular weight excluding hydrogens is 168 g/mol. The van der Waals surface area contributed by atoms with Crippen molar-refractivity contribution in [1.29, 1.82) is 0 Å². The van der Waals surface area contributed by atoms with Crippen LogP contribution in [-0.4, -0.2) is 36.3 Å². The van der Waals surface area contributed by atoms with Crippen molar-refractivity contribution in [3.63, 3.8) is 0 Å². The number of nitrogens with one attached hydrogen (secondary N) is 1. The first-order valence-corrected chi connectivity index (χ1v) is 4.63. The van der Waals surface area contributed by atoms with Crippen molar-refractivity contribution in [2.45, 2.75) is 32.2 Å². The fourth-order valence-electron chi connectivity index (χ4n) is 1.78. The summed E-state index contributed by atoms with van der Waals surface area (Å²) in [5, 5.41) is 2.57. The van der Waals surface area contributed by atoms with Crippen LogP contribution in [0, 0.1) is 0 Å². The molecule has 74 valence electrons. The van der Waals surface area contributed by atoms with E-state index in [4.69, 9.17) is 0 Å². The first kappa shape index (κ1) is 10.0. The number of carbonyl (C=O) groups excluding carboxylic acids is 2. The summed E-state index contributed by atoms with van der Waals surface area (Å²) in [5.74, 6) is 0.0875. The Bertz CT molecular complexity index is 216. The summed E-state index contributed by atoms with van der Waals surface area (Å²) >= 11 is 0. The van der Waals surface area contributed by atoms with Crippen LogP contribution < -0.4 is 5.32 Å². The molecule has 1 rings (SSSR count). The second-order valence-corrected chi connectivity index (χ2v) is 3.39. The number of likely N-dealkylation sites (tertiary alicyclic amines) is 1. The standard InChI is InChI=1S/C9H16N2O2/c1-7(12)11-5-3-4-8(11)6-9(13)10-2/h8H,3-6H2,1-2H3,(H,10,13). The molecule has 0 bridgehead atoms. The third-order valence-electron chi connectivity index (χ3n) is 2.48. The van der Waals surface area contributed by atoms with Gasteiger partial charge in [0, 0.05) is 33.0 Å². The van der Waals surface area contributed by atoms with Gasteiger partial charge >= 0.3 is 0 Å². The first-order chi connectivity index (χ1) is 6.15. The van der Waals surface area contributed by atoms with E-state index in [1.54, 1.807) is 18.9 Å². The maximum absolute atomic E-state index is 11.1. The molecule has 13 heavy (non-hydrogen) atoms. The number of nitrogens with zero attached hydrogens (tertiary/aromatic N) is 1. The lowest BCUT2D eigenvalue weighted by Gasteiger charge is -2.22. The molecule has 1 N–H and O–H groups in total. The Morgan fingerprint density at radius 3 is 2.77 bits per heavy atom. The SMILES string of the molecule is CNC(=O)CC1CCCN1C(C)=O. The van der Waals surface area contributed by atoms with Crippen molar-refractivity contribution in [2.24, 2.45) is 0 Å². The molecule has 0 aromatic rings. The minimum atomic E-state index is 0.0122. The summed E-state index contributed by atoms with van der Waals surface area (Å²) in [6, 6.07) is 0.123. The average Bonchev–Trinajstić information content (AvgIpc) is 2.52. The van der Waals surface area contributed by atoms with Crippen molar-refractivity contribution in [1.82, 2.24) is 10.2 Å². The number of hydrogen-bond acceptors (Lipinski definition) is 2. The Hall–Kier alpha value is -1.06. The molecule has 1 heterocycles. The number of rotatable bonds is 2. The lowest BCUT2D eigenvalue weighted by atomic mass is 10.1. The Labute approximate surface area is 78.3 Å². The maximum atomic E-state index is 11.1. The van der Waals surface area contributed by atoms with Gasteiger partial charge in [-0.3, -0.25) is 9.59 Å². The van der Waals surface area contributed by atoms with Gasteiger partial charge in [-0.15, -0.1) is 0 Å². The molecule has 4 heteroatoms. The third-order valence-corrected chi connectivity index (χ3v) is 2.48. The molecule has 1 saturated heterocycles. The second-order valence-electron chi connectivity index (χ2n) is 3.39. The molecular formula is C9H16N2O2. The zero-order valence-corrected chi connectivity index (χ0v) is 8.17. The van der Waals surface area contributed by atoms with Gasteiger partial charge in [-0.05, 0) is 12.8 Å². The third kappa shape index (κ3) is 2.44. The van der Waals surface area contributed by atoms with Crippen LogP contribution in [0.5, 0.6) is 0 Å². The molecule has 0 radical (unpaired) electrons. The molecule has 0 spiro atoms. The predicted molar refractivity (Wildman–Crippen MR) is 49.1 cm³/mol. The van der Waals surface area contributed by atoms with Crippen LogP contribution >= 0.6 is 0 Å². The molecule has 1 fully saturated rings. The molecule has 1 aliphatic heterocycles. The Balaban J connectivity index is 2.48. The summed E-state index contributed by atoms with van der Waals surface area (Å²) in [4.78, 5) is 24.0. The lowest BCUT2D eigenvalue weighted by molar-refractivity contribution is -0.130. The zero-order valence-electron chi connectivity index (χ0n) is 8.17. The molecule has 0 saturated carbocycles. The van der Waals surface area contributed by atoms with E-state index in [1.165, 1.54) is 0 Å². The van der Waals surface area contributed by atoms with E-state index in [-0.39, 0.29) is 17.9 Å². The maximum Gasteiger partial charge on any atom is 0.221 e. The van der Waals surface area contributed by atoms with Crippen LogP contribution in [0.2, 0.25) is 0 Å². The van der Waals surface area contributed by atoms with Crippen LogP contribution in [0.4, 0.5) is 0 Å². The van der Waals surface area contributed by atoms with E-state index < -0.39 is 0 Å². The highest BCUT2D eigenvalue weighted by Crippen LogP contribution is 2.19. The van der Waals surface area contributed by atoms with Gasteiger partial charge in [-0.1, -0.05) is 0 Å². The normalized spacial score (nSPS) is 21.7. The van der Waals surface area contributed by atoms with Crippen molar-refractivity contribution in [2.75, 3.05) is 13.6 Å². The van der Waals surface area contributed by atoms with Crippen LogP contribution in [0.3, 0.4) is 0 Å². The van der Waals surface area contributed by atoms with Gasteiger partial charge in [-0.25, -0.2) is 0 Å². The predicted octanol–water partition coefficient (Wildman–Crippen LogP) is 0.133. The van der Waals surface area contributed by atoms with Crippen LogP contribution in [0.1, 0.15) is 26.2 Å². The van der Waals surface area contributed by atoms with Crippen molar-refractivity contribution < 1.29 is 9.59 Å². The second kappa shape index (κ2) is 4.25. The highest BCUT2D eigenvalue weighted by Gasteiger charge is 2.27. The van der Waals surface area contributed by atoms with E-state index in [0.717, 1.165) is 19.4 Å². The van der Waals surface area contributed by atoms with E-state index in [0.29, 0.717) is 6.42 Å². The summed E-state index contributed by atoms with van der Waals surface area (Å²) in [6.07, 6.45) is 2.41. The molecule has 1 unspecified atom stereocenters. The Morgan fingerprint density at radius 1 is 1.54 bits per heavy atom. The zero-order chi connectivity index (χ0) is 9.84. The van der Waals surface area contributed by atoms with E-state index in [1.807, 2.05) is 0 Å². The van der Waals surface area contributed by atoms with Gasteiger partial charge in [0.25, 0.3) is 0 Å². The van der Waals surface area contributed by atoms with Crippen molar-refractivity contribution in [3.8, 4) is 0 Å². The summed E-state index contributed by atoms with van der Waals surface area (Å²) in [7, 11) is 1.62. The van der Waals surface area contributed by atoms with E-state index in [2.05, 4.69) is 5.32 Å². The molecule has 0 aliphatic carbocycles. The highest BCUT2D eigenvalue weighted by molar-refractivity contribution is 5.78. The smallest absolute Gasteiger partial charge is 0.221 e. The molecule has 1 atom stereocenters. The minimum Gasteiger partial charge on any atom is -0.359 e.